The van der Waals surface area contributed by atoms with Crippen LogP contribution in [0.2, 0.25) is 0 Å². The Morgan fingerprint density at radius 3 is 0.648 bits per heavy atom. The molecular formula is C86H168O17P2. The number of aliphatic hydroxyl groups excluding tert-OH is 1. The first-order valence-electron chi connectivity index (χ1n) is 44.5. The normalized spacial score (nSPS) is 13.8. The molecule has 19 heteroatoms. The molecule has 0 aromatic carbocycles. The van der Waals surface area contributed by atoms with Crippen LogP contribution in [-0.4, -0.2) is 96.7 Å². The highest BCUT2D eigenvalue weighted by molar-refractivity contribution is 7.47. The third kappa shape index (κ3) is 79.9. The highest BCUT2D eigenvalue weighted by atomic mass is 31.2. The summed E-state index contributed by atoms with van der Waals surface area (Å²) in [7, 11) is -9.93. The predicted octanol–water partition coefficient (Wildman–Crippen LogP) is 26.2. The highest BCUT2D eigenvalue weighted by Crippen LogP contribution is 2.45. The van der Waals surface area contributed by atoms with Crippen molar-refractivity contribution < 1.29 is 80.2 Å². The number of aliphatic hydroxyl groups is 1. The molecule has 0 fully saturated rings. The first-order chi connectivity index (χ1) is 50.9. The number of carbonyl (C=O) groups excluding carboxylic acids is 4. The van der Waals surface area contributed by atoms with E-state index in [0.717, 1.165) is 102 Å². The summed E-state index contributed by atoms with van der Waals surface area (Å²) >= 11 is 0. The monoisotopic (exact) mass is 1540 g/mol. The van der Waals surface area contributed by atoms with E-state index in [2.05, 4.69) is 41.5 Å². The van der Waals surface area contributed by atoms with E-state index < -0.39 is 97.5 Å². The first-order valence-corrected chi connectivity index (χ1v) is 47.5. The molecule has 0 amide bonds. The molecule has 105 heavy (non-hydrogen) atoms. The van der Waals surface area contributed by atoms with E-state index in [4.69, 9.17) is 37.0 Å². The Hall–Kier alpha value is -1.94. The SMILES string of the molecule is CCCCCCCCCCCCCCCCCCCCCCC(=O)O[C@H](COC(=O)CCCCCCCCCCCCCCCCCCCC)COP(=O)(O)OC[C@@H](O)COP(=O)(O)OC[C@@H](COC(=O)CCCCCCCCCCC(C)C)OC(=O)CCCCCCCCCCCCCCCC(C)C. The van der Waals surface area contributed by atoms with E-state index >= 15 is 0 Å². The lowest BCUT2D eigenvalue weighted by Gasteiger charge is -2.21. The molecule has 0 spiro atoms. The van der Waals surface area contributed by atoms with Crippen LogP contribution in [0, 0.1) is 11.8 Å². The van der Waals surface area contributed by atoms with Crippen LogP contribution < -0.4 is 0 Å². The Bertz CT molecular complexity index is 2010. The van der Waals surface area contributed by atoms with Gasteiger partial charge in [-0.3, -0.25) is 37.3 Å². The maximum Gasteiger partial charge on any atom is 0.472 e. The second-order valence-corrected chi connectivity index (χ2v) is 34.8. The fraction of sp³-hybridized carbons (Fsp3) is 0.953. The van der Waals surface area contributed by atoms with Crippen LogP contribution in [-0.2, 0) is 65.4 Å². The van der Waals surface area contributed by atoms with Gasteiger partial charge < -0.3 is 33.8 Å². The molecule has 0 radical (unpaired) electrons. The van der Waals surface area contributed by atoms with Crippen molar-refractivity contribution in [1.29, 1.82) is 0 Å². The third-order valence-corrected chi connectivity index (χ3v) is 22.1. The van der Waals surface area contributed by atoms with Crippen LogP contribution >= 0.6 is 15.6 Å². The van der Waals surface area contributed by atoms with Gasteiger partial charge in [-0.15, -0.1) is 0 Å². The Morgan fingerprint density at radius 2 is 0.438 bits per heavy atom. The molecule has 17 nitrogen and oxygen atoms in total. The summed E-state index contributed by atoms with van der Waals surface area (Å²) in [5, 5.41) is 10.7. The van der Waals surface area contributed by atoms with Gasteiger partial charge in [-0.25, -0.2) is 9.13 Å². The van der Waals surface area contributed by atoms with E-state index in [1.165, 1.54) is 276 Å². The summed E-state index contributed by atoms with van der Waals surface area (Å²) in [5.74, 6) is -0.590. The van der Waals surface area contributed by atoms with E-state index in [9.17, 15) is 43.2 Å². The molecule has 624 valence electrons. The van der Waals surface area contributed by atoms with Gasteiger partial charge in [-0.1, -0.05) is 408 Å². The van der Waals surface area contributed by atoms with Crippen LogP contribution in [0.4, 0.5) is 0 Å². The quantitative estimate of drug-likeness (QED) is 0.0222. The number of carbonyl (C=O) groups is 4. The van der Waals surface area contributed by atoms with Crippen molar-refractivity contribution in [2.45, 2.75) is 477 Å². The van der Waals surface area contributed by atoms with Crippen molar-refractivity contribution in [1.82, 2.24) is 0 Å². The van der Waals surface area contributed by atoms with Crippen LogP contribution in [0.3, 0.4) is 0 Å². The summed E-state index contributed by atoms with van der Waals surface area (Å²) < 4.78 is 68.9. The summed E-state index contributed by atoms with van der Waals surface area (Å²) in [4.78, 5) is 73.2. The van der Waals surface area contributed by atoms with E-state index in [1.807, 2.05) is 0 Å². The molecule has 2 unspecified atom stereocenters. The zero-order chi connectivity index (χ0) is 77.1. The fourth-order valence-corrected chi connectivity index (χ4v) is 15.0. The number of phosphoric ester groups is 2. The van der Waals surface area contributed by atoms with Gasteiger partial charge >= 0.3 is 39.5 Å². The minimum atomic E-state index is -4.97. The average molecular weight is 1540 g/mol. The summed E-state index contributed by atoms with van der Waals surface area (Å²) in [6, 6.07) is 0. The number of rotatable bonds is 85. The zero-order valence-electron chi connectivity index (χ0n) is 69.0. The van der Waals surface area contributed by atoms with Gasteiger partial charge in [0.1, 0.15) is 19.3 Å². The van der Waals surface area contributed by atoms with Crippen molar-refractivity contribution in [3.63, 3.8) is 0 Å². The van der Waals surface area contributed by atoms with Crippen LogP contribution in [0.15, 0.2) is 0 Å². The van der Waals surface area contributed by atoms with Crippen LogP contribution in [0.5, 0.6) is 0 Å². The van der Waals surface area contributed by atoms with Gasteiger partial charge in [-0.2, -0.15) is 0 Å². The molecule has 0 aromatic heterocycles. The van der Waals surface area contributed by atoms with Gasteiger partial charge in [0.05, 0.1) is 26.4 Å². The maximum atomic E-state index is 13.1. The van der Waals surface area contributed by atoms with E-state index in [0.29, 0.717) is 25.7 Å². The molecule has 0 aliphatic rings. The smallest absolute Gasteiger partial charge is 0.462 e. The zero-order valence-corrected chi connectivity index (χ0v) is 70.8. The number of esters is 4. The molecule has 0 saturated heterocycles. The second-order valence-electron chi connectivity index (χ2n) is 31.9. The lowest BCUT2D eigenvalue weighted by Crippen LogP contribution is -2.30. The number of phosphoric acid groups is 2. The molecule has 0 aliphatic heterocycles. The minimum absolute atomic E-state index is 0.107. The lowest BCUT2D eigenvalue weighted by atomic mass is 10.0. The average Bonchev–Trinajstić information content (AvgIpc) is 0.920. The molecule has 0 rings (SSSR count). The largest absolute Gasteiger partial charge is 0.472 e. The number of hydrogen-bond acceptors (Lipinski definition) is 15. The minimum Gasteiger partial charge on any atom is -0.462 e. The Kier molecular flexibility index (Phi) is 76.0. The molecular weight excluding hydrogens is 1370 g/mol. The van der Waals surface area contributed by atoms with Crippen molar-refractivity contribution in [2.75, 3.05) is 39.6 Å². The van der Waals surface area contributed by atoms with Gasteiger partial charge in [0.15, 0.2) is 12.2 Å². The summed E-state index contributed by atoms with van der Waals surface area (Å²) in [6.07, 6.45) is 69.5. The molecule has 0 heterocycles. The van der Waals surface area contributed by atoms with Gasteiger partial charge in [0, 0.05) is 25.7 Å². The van der Waals surface area contributed by atoms with Crippen LogP contribution in [0.1, 0.15) is 459 Å². The topological polar surface area (TPSA) is 237 Å². The number of unbranched alkanes of at least 4 members (excludes halogenated alkanes) is 55. The maximum absolute atomic E-state index is 13.1. The highest BCUT2D eigenvalue weighted by Gasteiger charge is 2.30. The van der Waals surface area contributed by atoms with E-state index in [-0.39, 0.29) is 25.7 Å². The van der Waals surface area contributed by atoms with Crippen molar-refractivity contribution in [2.24, 2.45) is 11.8 Å². The van der Waals surface area contributed by atoms with Crippen LogP contribution in [0.25, 0.3) is 0 Å². The van der Waals surface area contributed by atoms with Crippen molar-refractivity contribution >= 4 is 39.5 Å². The standard InChI is InChI=1S/C86H168O17P2/c1-7-9-11-13-15-17-19-21-23-25-27-28-30-32-36-40-44-52-58-64-70-85(90)102-81(74-96-83(88)68-62-56-50-43-39-35-31-29-26-24-22-20-18-16-14-12-10-8-2)76-100-104(92,93)98-72-80(87)73-99-105(94,95)101-77-82(75-97-84(89)69-63-57-51-47-46-49-55-61-67-79(5)6)103-86(91)71-65-59-53-45-41-37-33-34-38-42-48-54-60-66-78(3)4/h78-82,87H,7-77H2,1-6H3,(H,92,93)(H,94,95)/t80-,81-,82-/m1/s1. The Labute approximate surface area is 645 Å². The Morgan fingerprint density at radius 1 is 0.257 bits per heavy atom. The fourth-order valence-electron chi connectivity index (χ4n) is 13.4. The molecule has 0 aromatic rings. The lowest BCUT2D eigenvalue weighted by molar-refractivity contribution is -0.161. The first kappa shape index (κ1) is 103. The number of hydrogen-bond donors (Lipinski definition) is 3. The molecule has 5 atom stereocenters. The molecule has 0 saturated carbocycles. The molecule has 3 N–H and O–H groups in total. The van der Waals surface area contributed by atoms with E-state index in [1.54, 1.807) is 0 Å². The van der Waals surface area contributed by atoms with Gasteiger partial charge in [-0.05, 0) is 37.5 Å². The van der Waals surface area contributed by atoms with Crippen molar-refractivity contribution in [3.8, 4) is 0 Å². The van der Waals surface area contributed by atoms with Gasteiger partial charge in [0.2, 0.25) is 0 Å². The predicted molar refractivity (Wildman–Crippen MR) is 432 cm³/mol. The second kappa shape index (κ2) is 77.4. The Balaban J connectivity index is 5.24. The summed E-state index contributed by atoms with van der Waals surface area (Å²) in [6.45, 7) is 9.65. The van der Waals surface area contributed by atoms with Crippen molar-refractivity contribution in [3.05, 3.63) is 0 Å². The summed E-state index contributed by atoms with van der Waals surface area (Å²) in [5.41, 5.74) is 0. The third-order valence-electron chi connectivity index (χ3n) is 20.2. The molecule has 0 aliphatic carbocycles. The number of ether oxygens (including phenoxy) is 4. The molecule has 0 bridgehead atoms. The van der Waals surface area contributed by atoms with Gasteiger partial charge in [0.25, 0.3) is 0 Å².